The van der Waals surface area contributed by atoms with Crippen molar-refractivity contribution in [2.45, 2.75) is 32.3 Å². The Hall–Kier alpha value is -1.26. The third-order valence-electron chi connectivity index (χ3n) is 3.68. The number of benzene rings is 1. The lowest BCUT2D eigenvalue weighted by atomic mass is 10.2. The number of nitrogens with two attached hydrogens (primary N) is 1. The number of unbranched alkanes of at least 4 members (excludes halogenated alkanes) is 2. The van der Waals surface area contributed by atoms with E-state index in [1.807, 2.05) is 0 Å². The summed E-state index contributed by atoms with van der Waals surface area (Å²) in [6.07, 6.45) is 3.83. The summed E-state index contributed by atoms with van der Waals surface area (Å²) in [7, 11) is 0. The molecule has 0 unspecified atom stereocenters. The molecule has 4 heteroatoms. The first-order valence-corrected chi connectivity index (χ1v) is 7.70. The number of nitrogens with one attached hydrogen (secondary N) is 1. The zero-order chi connectivity index (χ0) is 14.2. The van der Waals surface area contributed by atoms with Gasteiger partial charge in [0.2, 0.25) is 0 Å². The van der Waals surface area contributed by atoms with Gasteiger partial charge in [-0.25, -0.2) is 0 Å². The van der Waals surface area contributed by atoms with Crippen molar-refractivity contribution in [1.82, 2.24) is 0 Å². The van der Waals surface area contributed by atoms with Crippen LogP contribution in [0.4, 0.5) is 11.4 Å². The van der Waals surface area contributed by atoms with Crippen LogP contribution in [0.15, 0.2) is 24.3 Å². The van der Waals surface area contributed by atoms with Gasteiger partial charge in [-0.3, -0.25) is 0 Å². The molecule has 0 saturated carbocycles. The van der Waals surface area contributed by atoms with Gasteiger partial charge in [-0.2, -0.15) is 0 Å². The van der Waals surface area contributed by atoms with Crippen LogP contribution >= 0.6 is 0 Å². The first-order chi connectivity index (χ1) is 9.79. The van der Waals surface area contributed by atoms with Crippen molar-refractivity contribution in [3.05, 3.63) is 24.3 Å². The van der Waals surface area contributed by atoms with E-state index < -0.39 is 0 Å². The van der Waals surface area contributed by atoms with E-state index in [1.54, 1.807) is 0 Å². The van der Waals surface area contributed by atoms with E-state index >= 15 is 0 Å². The topological polar surface area (TPSA) is 50.5 Å². The van der Waals surface area contributed by atoms with Gasteiger partial charge >= 0.3 is 0 Å². The predicted octanol–water partition coefficient (Wildman–Crippen LogP) is 2.45. The predicted molar refractivity (Wildman–Crippen MR) is 85.5 cm³/mol. The molecule has 1 atom stereocenters. The normalized spacial score (nSPS) is 19.1. The highest BCUT2D eigenvalue weighted by Gasteiger charge is 2.16. The minimum absolute atomic E-state index is 0.323. The molecule has 3 N–H and O–H groups in total. The quantitative estimate of drug-likeness (QED) is 0.752. The first-order valence-electron chi connectivity index (χ1n) is 7.70. The van der Waals surface area contributed by atoms with Gasteiger partial charge in [0, 0.05) is 31.0 Å². The molecular weight excluding hydrogens is 250 g/mol. The van der Waals surface area contributed by atoms with Gasteiger partial charge in [-0.15, -0.1) is 0 Å². The van der Waals surface area contributed by atoms with Crippen LogP contribution in [-0.2, 0) is 4.74 Å². The average Bonchev–Trinajstić information content (AvgIpc) is 2.48. The van der Waals surface area contributed by atoms with Crippen LogP contribution in [0.5, 0.6) is 0 Å². The second-order valence-corrected chi connectivity index (χ2v) is 5.45. The van der Waals surface area contributed by atoms with E-state index in [-0.39, 0.29) is 0 Å². The maximum Gasteiger partial charge on any atom is 0.0722 e. The second-order valence-electron chi connectivity index (χ2n) is 5.45. The van der Waals surface area contributed by atoms with Crippen molar-refractivity contribution >= 4 is 11.4 Å². The van der Waals surface area contributed by atoms with Crippen molar-refractivity contribution in [3.63, 3.8) is 0 Å². The molecule has 0 aromatic heterocycles. The Labute approximate surface area is 122 Å². The smallest absolute Gasteiger partial charge is 0.0722 e. The van der Waals surface area contributed by atoms with Crippen molar-refractivity contribution < 1.29 is 4.74 Å². The zero-order valence-electron chi connectivity index (χ0n) is 12.5. The van der Waals surface area contributed by atoms with E-state index in [9.17, 15) is 0 Å². The van der Waals surface area contributed by atoms with Crippen LogP contribution in [0.3, 0.4) is 0 Å². The summed E-state index contributed by atoms with van der Waals surface area (Å²) in [5.41, 5.74) is 7.97. The van der Waals surface area contributed by atoms with Gasteiger partial charge in [0.1, 0.15) is 0 Å². The summed E-state index contributed by atoms with van der Waals surface area (Å²) in [5.74, 6) is 0. The molecule has 1 aromatic carbocycles. The third-order valence-corrected chi connectivity index (χ3v) is 3.68. The molecule has 20 heavy (non-hydrogen) atoms. The third kappa shape index (κ3) is 4.69. The summed E-state index contributed by atoms with van der Waals surface area (Å²) in [6.45, 7) is 6.73. The first kappa shape index (κ1) is 15.1. The summed E-state index contributed by atoms with van der Waals surface area (Å²) < 4.78 is 5.58. The molecule has 1 aliphatic rings. The molecule has 1 aromatic rings. The molecule has 0 spiro atoms. The van der Waals surface area contributed by atoms with Crippen molar-refractivity contribution in [3.8, 4) is 0 Å². The van der Waals surface area contributed by atoms with E-state index in [2.05, 4.69) is 41.4 Å². The highest BCUT2D eigenvalue weighted by molar-refractivity contribution is 5.55. The van der Waals surface area contributed by atoms with E-state index in [4.69, 9.17) is 10.5 Å². The van der Waals surface area contributed by atoms with E-state index in [1.165, 1.54) is 24.2 Å². The van der Waals surface area contributed by atoms with Crippen molar-refractivity contribution in [1.29, 1.82) is 0 Å². The lowest BCUT2D eigenvalue weighted by molar-refractivity contribution is 0.0532. The van der Waals surface area contributed by atoms with Crippen LogP contribution in [0, 0.1) is 0 Å². The molecule has 1 fully saturated rings. The number of hydrogen-bond acceptors (Lipinski definition) is 4. The van der Waals surface area contributed by atoms with Crippen LogP contribution in [0.1, 0.15) is 26.2 Å². The van der Waals surface area contributed by atoms with Gasteiger partial charge < -0.3 is 20.7 Å². The zero-order valence-corrected chi connectivity index (χ0v) is 12.5. The molecule has 0 bridgehead atoms. The van der Waals surface area contributed by atoms with Crippen LogP contribution in [0.25, 0.3) is 0 Å². The average molecular weight is 277 g/mol. The summed E-state index contributed by atoms with van der Waals surface area (Å²) in [5, 5.41) is 3.46. The Morgan fingerprint density at radius 3 is 2.75 bits per heavy atom. The van der Waals surface area contributed by atoms with Gasteiger partial charge in [0.25, 0.3) is 0 Å². The number of hydrogen-bond donors (Lipinski definition) is 2. The largest absolute Gasteiger partial charge is 0.385 e. The number of anilines is 2. The molecule has 2 rings (SSSR count). The van der Waals surface area contributed by atoms with Crippen molar-refractivity contribution in [2.24, 2.45) is 5.73 Å². The maximum atomic E-state index is 5.58. The summed E-state index contributed by atoms with van der Waals surface area (Å²) in [4.78, 5) is 2.39. The van der Waals surface area contributed by atoms with Crippen LogP contribution in [-0.4, -0.2) is 38.9 Å². The Morgan fingerprint density at radius 1 is 1.25 bits per heavy atom. The maximum absolute atomic E-state index is 5.58. The van der Waals surface area contributed by atoms with E-state index in [0.717, 1.165) is 39.2 Å². The molecule has 4 nitrogen and oxygen atoms in total. The minimum Gasteiger partial charge on any atom is -0.385 e. The number of rotatable bonds is 7. The van der Waals surface area contributed by atoms with Crippen LogP contribution < -0.4 is 16.0 Å². The minimum atomic E-state index is 0.323. The van der Waals surface area contributed by atoms with Gasteiger partial charge in [-0.1, -0.05) is 6.42 Å². The molecular formula is C16H27N3O. The molecule has 0 amide bonds. The SMILES string of the molecule is C[C@@H]1CN(c2ccc(NCCCCCN)cc2)CCO1. The Bertz CT molecular complexity index is 380. The van der Waals surface area contributed by atoms with Gasteiger partial charge in [-0.05, 0) is 50.6 Å². The Balaban J connectivity index is 1.77. The Morgan fingerprint density at radius 2 is 2.05 bits per heavy atom. The fourth-order valence-electron chi connectivity index (χ4n) is 2.52. The lowest BCUT2D eigenvalue weighted by Gasteiger charge is -2.33. The van der Waals surface area contributed by atoms with E-state index in [0.29, 0.717) is 6.10 Å². The summed E-state index contributed by atoms with van der Waals surface area (Å²) >= 11 is 0. The fourth-order valence-corrected chi connectivity index (χ4v) is 2.52. The molecule has 1 heterocycles. The number of nitrogens with zero attached hydrogens (tertiary/aromatic N) is 1. The molecule has 1 saturated heterocycles. The second kappa shape index (κ2) is 8.12. The molecule has 0 radical (unpaired) electrons. The molecule has 112 valence electrons. The fraction of sp³-hybridized carbons (Fsp3) is 0.625. The van der Waals surface area contributed by atoms with Gasteiger partial charge in [0.05, 0.1) is 12.7 Å². The highest BCUT2D eigenvalue weighted by Crippen LogP contribution is 2.20. The molecule has 1 aliphatic heterocycles. The molecule has 0 aliphatic carbocycles. The van der Waals surface area contributed by atoms with Crippen LogP contribution in [0.2, 0.25) is 0 Å². The van der Waals surface area contributed by atoms with Crippen molar-refractivity contribution in [2.75, 3.05) is 43.0 Å². The number of morpholine rings is 1. The highest BCUT2D eigenvalue weighted by atomic mass is 16.5. The monoisotopic (exact) mass is 277 g/mol. The summed E-state index contributed by atoms with van der Waals surface area (Å²) in [6, 6.07) is 8.72. The standard InChI is InChI=1S/C16H27N3O/c1-14-13-19(11-12-20-14)16-7-5-15(6-8-16)18-10-4-2-3-9-17/h5-8,14,18H,2-4,9-13,17H2,1H3/t14-/m1/s1. The number of ether oxygens (including phenoxy) is 1. The Kier molecular flexibility index (Phi) is 6.15. The lowest BCUT2D eigenvalue weighted by Crippen LogP contribution is -2.41. The van der Waals surface area contributed by atoms with Gasteiger partial charge in [0.15, 0.2) is 0 Å².